The highest BCUT2D eigenvalue weighted by molar-refractivity contribution is 5.30. The van der Waals surface area contributed by atoms with Gasteiger partial charge in [0.1, 0.15) is 6.04 Å². The average Bonchev–Trinajstić information content (AvgIpc) is 2.23. The Kier molecular flexibility index (Phi) is 4.20. The second-order valence-corrected chi connectivity index (χ2v) is 3.49. The third-order valence-electron chi connectivity index (χ3n) is 2.20. The van der Waals surface area contributed by atoms with Crippen molar-refractivity contribution in [3.8, 4) is 0 Å². The average molecular weight is 272 g/mol. The lowest BCUT2D eigenvalue weighted by molar-refractivity contribution is -0.162. The van der Waals surface area contributed by atoms with Crippen LogP contribution in [0.25, 0.3) is 0 Å². The lowest BCUT2D eigenvalue weighted by atomic mass is 10.0. The predicted octanol–water partition coefficient (Wildman–Crippen LogP) is 3.31. The van der Waals surface area contributed by atoms with E-state index in [0.717, 1.165) is 6.20 Å². The van der Waals surface area contributed by atoms with Crippen LogP contribution in [0.4, 0.5) is 26.3 Å². The minimum Gasteiger partial charge on any atom is -0.303 e. The van der Waals surface area contributed by atoms with Gasteiger partial charge < -0.3 is 5.32 Å². The van der Waals surface area contributed by atoms with Crippen LogP contribution >= 0.6 is 0 Å². The van der Waals surface area contributed by atoms with Crippen LogP contribution in [-0.4, -0.2) is 17.7 Å². The summed E-state index contributed by atoms with van der Waals surface area (Å²) in [6, 6.07) is -1.85. The Labute approximate surface area is 99.0 Å². The number of alkyl halides is 6. The third-order valence-corrected chi connectivity index (χ3v) is 2.20. The van der Waals surface area contributed by atoms with Crippen LogP contribution in [0.1, 0.15) is 24.1 Å². The number of pyridine rings is 1. The number of hydrogen-bond donors (Lipinski definition) is 1. The van der Waals surface area contributed by atoms with Crippen molar-refractivity contribution in [2.75, 3.05) is 6.54 Å². The molecule has 0 bridgehead atoms. The van der Waals surface area contributed by atoms with Gasteiger partial charge in [-0.1, -0.05) is 6.92 Å². The molecule has 0 aromatic carbocycles. The molecule has 1 unspecified atom stereocenters. The number of nitrogens with one attached hydrogen (secondary N) is 1. The molecule has 0 fully saturated rings. The first-order chi connectivity index (χ1) is 8.18. The van der Waals surface area contributed by atoms with Crippen molar-refractivity contribution < 1.29 is 26.3 Å². The summed E-state index contributed by atoms with van der Waals surface area (Å²) in [4.78, 5) is 3.34. The number of hydrogen-bond acceptors (Lipinski definition) is 2. The van der Waals surface area contributed by atoms with Crippen LogP contribution < -0.4 is 5.32 Å². The maximum absolute atomic E-state index is 12.7. The molecule has 1 aromatic heterocycles. The number of aromatic nitrogens is 1. The normalized spacial score (nSPS) is 14.6. The maximum Gasteiger partial charge on any atom is 0.416 e. The van der Waals surface area contributed by atoms with E-state index in [-0.39, 0.29) is 6.54 Å². The molecule has 0 saturated carbocycles. The van der Waals surface area contributed by atoms with Gasteiger partial charge in [-0.25, -0.2) is 0 Å². The molecule has 18 heavy (non-hydrogen) atoms. The fourth-order valence-electron chi connectivity index (χ4n) is 1.50. The van der Waals surface area contributed by atoms with Gasteiger partial charge >= 0.3 is 12.4 Å². The smallest absolute Gasteiger partial charge is 0.303 e. The van der Waals surface area contributed by atoms with Crippen LogP contribution in [0.5, 0.6) is 0 Å². The summed E-state index contributed by atoms with van der Waals surface area (Å²) in [5, 5.41) is 1.99. The van der Waals surface area contributed by atoms with Crippen molar-refractivity contribution in [3.63, 3.8) is 0 Å². The fraction of sp³-hybridized carbons (Fsp3) is 0.500. The SMILES string of the molecule is CCNC(c1cnccc1C(F)(F)F)C(F)(F)F. The molecule has 8 heteroatoms. The van der Waals surface area contributed by atoms with E-state index in [2.05, 4.69) is 4.98 Å². The maximum atomic E-state index is 12.7. The van der Waals surface area contributed by atoms with Gasteiger partial charge in [0.05, 0.1) is 5.56 Å². The van der Waals surface area contributed by atoms with Gasteiger partial charge in [0.2, 0.25) is 0 Å². The molecule has 0 radical (unpaired) electrons. The van der Waals surface area contributed by atoms with E-state index in [4.69, 9.17) is 0 Å². The summed E-state index contributed by atoms with van der Waals surface area (Å²) in [6.45, 7) is 1.26. The van der Waals surface area contributed by atoms with Gasteiger partial charge in [0, 0.05) is 18.0 Å². The van der Waals surface area contributed by atoms with Gasteiger partial charge in [-0.2, -0.15) is 26.3 Å². The molecule has 1 N–H and O–H groups in total. The lowest BCUT2D eigenvalue weighted by Gasteiger charge is -2.24. The standard InChI is InChI=1S/C10H10F6N2/c1-2-18-8(10(14,15)16)6-5-17-4-3-7(6)9(11,12)13/h3-5,8,18H,2H2,1H3. The summed E-state index contributed by atoms with van der Waals surface area (Å²) >= 11 is 0. The molecule has 0 saturated heterocycles. The zero-order valence-corrected chi connectivity index (χ0v) is 9.23. The molecular formula is C10H10F6N2. The van der Waals surface area contributed by atoms with E-state index in [1.807, 2.05) is 5.32 Å². The molecule has 1 heterocycles. The summed E-state index contributed by atoms with van der Waals surface area (Å²) in [5.41, 5.74) is -2.25. The highest BCUT2D eigenvalue weighted by Crippen LogP contribution is 2.39. The van der Waals surface area contributed by atoms with E-state index in [1.54, 1.807) is 0 Å². The van der Waals surface area contributed by atoms with Gasteiger partial charge in [-0.15, -0.1) is 0 Å². The van der Waals surface area contributed by atoms with E-state index in [0.29, 0.717) is 12.3 Å². The third kappa shape index (κ3) is 3.34. The Morgan fingerprint density at radius 3 is 2.28 bits per heavy atom. The second-order valence-electron chi connectivity index (χ2n) is 3.49. The fourth-order valence-corrected chi connectivity index (χ4v) is 1.50. The summed E-state index contributed by atoms with van der Waals surface area (Å²) in [6.07, 6.45) is -8.27. The van der Waals surface area contributed by atoms with E-state index in [1.165, 1.54) is 6.92 Å². The summed E-state index contributed by atoms with van der Waals surface area (Å²) in [5.74, 6) is 0. The molecule has 102 valence electrons. The van der Waals surface area contributed by atoms with Crippen molar-refractivity contribution in [1.29, 1.82) is 0 Å². The molecule has 1 rings (SSSR count). The predicted molar refractivity (Wildman–Crippen MR) is 51.7 cm³/mol. The largest absolute Gasteiger partial charge is 0.416 e. The van der Waals surface area contributed by atoms with E-state index in [9.17, 15) is 26.3 Å². The zero-order valence-electron chi connectivity index (χ0n) is 9.23. The molecule has 0 aliphatic carbocycles. The molecule has 0 spiro atoms. The number of rotatable bonds is 3. The van der Waals surface area contributed by atoms with Crippen LogP contribution in [0.15, 0.2) is 18.5 Å². The highest BCUT2D eigenvalue weighted by atomic mass is 19.4. The van der Waals surface area contributed by atoms with Gasteiger partial charge in [-0.05, 0) is 12.6 Å². The van der Waals surface area contributed by atoms with Crippen LogP contribution in [-0.2, 0) is 6.18 Å². The van der Waals surface area contributed by atoms with Gasteiger partial charge in [-0.3, -0.25) is 4.98 Å². The topological polar surface area (TPSA) is 24.9 Å². The van der Waals surface area contributed by atoms with E-state index >= 15 is 0 Å². The molecule has 0 aliphatic rings. The first-order valence-electron chi connectivity index (χ1n) is 4.99. The van der Waals surface area contributed by atoms with Gasteiger partial charge in [0.25, 0.3) is 0 Å². The molecule has 2 nitrogen and oxygen atoms in total. The van der Waals surface area contributed by atoms with Crippen molar-refractivity contribution >= 4 is 0 Å². The van der Waals surface area contributed by atoms with Crippen LogP contribution in [0.3, 0.4) is 0 Å². The van der Waals surface area contributed by atoms with Crippen molar-refractivity contribution in [3.05, 3.63) is 29.6 Å². The first-order valence-corrected chi connectivity index (χ1v) is 4.99. The summed E-state index contributed by atoms with van der Waals surface area (Å²) in [7, 11) is 0. The quantitative estimate of drug-likeness (QED) is 0.854. The minimum absolute atomic E-state index is 0.115. The Balaban J connectivity index is 3.29. The van der Waals surface area contributed by atoms with E-state index < -0.39 is 29.5 Å². The minimum atomic E-state index is -4.85. The molecule has 0 amide bonds. The van der Waals surface area contributed by atoms with Crippen molar-refractivity contribution in [1.82, 2.24) is 10.3 Å². The Bertz CT molecular complexity index is 398. The molecule has 1 atom stereocenters. The summed E-state index contributed by atoms with van der Waals surface area (Å²) < 4.78 is 76.0. The highest BCUT2D eigenvalue weighted by Gasteiger charge is 2.45. The molecule has 0 aliphatic heterocycles. The van der Waals surface area contributed by atoms with Crippen molar-refractivity contribution in [2.24, 2.45) is 0 Å². The van der Waals surface area contributed by atoms with Gasteiger partial charge in [0.15, 0.2) is 0 Å². The number of nitrogens with zero attached hydrogens (tertiary/aromatic N) is 1. The zero-order chi connectivity index (χ0) is 14.0. The Morgan fingerprint density at radius 2 is 1.83 bits per heavy atom. The monoisotopic (exact) mass is 272 g/mol. The first kappa shape index (κ1) is 14.7. The Morgan fingerprint density at radius 1 is 1.22 bits per heavy atom. The molecular weight excluding hydrogens is 262 g/mol. The lowest BCUT2D eigenvalue weighted by Crippen LogP contribution is -2.35. The van der Waals surface area contributed by atoms with Crippen LogP contribution in [0.2, 0.25) is 0 Å². The molecule has 1 aromatic rings. The number of halogens is 6. The Hall–Kier alpha value is -1.31. The van der Waals surface area contributed by atoms with Crippen LogP contribution in [0, 0.1) is 0 Å². The van der Waals surface area contributed by atoms with Crippen molar-refractivity contribution in [2.45, 2.75) is 25.3 Å². The second kappa shape index (κ2) is 5.13.